The van der Waals surface area contributed by atoms with E-state index in [-0.39, 0.29) is 5.24 Å². The molecule has 1 heterocycles. The molecule has 1 rings (SSSR count). The smallest absolute Gasteiger partial charge is 0.259 e. The molecule has 0 radical (unpaired) electrons. The van der Waals surface area contributed by atoms with E-state index in [0.717, 1.165) is 5.75 Å². The Balaban J connectivity index is 2.30. The van der Waals surface area contributed by atoms with Crippen LogP contribution in [0.3, 0.4) is 0 Å². The molecule has 7 heteroatoms. The molecule has 12 heavy (non-hydrogen) atoms. The first-order valence-electron chi connectivity index (χ1n) is 3.46. The third kappa shape index (κ3) is 2.95. The maximum atomic E-state index is 11.0. The van der Waals surface area contributed by atoms with Crippen LogP contribution in [0.1, 0.15) is 6.92 Å². The molecule has 1 fully saturated rings. The van der Waals surface area contributed by atoms with Crippen LogP contribution in [0.4, 0.5) is 4.79 Å². The van der Waals surface area contributed by atoms with Crippen molar-refractivity contribution in [3.05, 3.63) is 0 Å². The summed E-state index contributed by atoms with van der Waals surface area (Å²) in [4.78, 5) is 11.0. The summed E-state index contributed by atoms with van der Waals surface area (Å²) in [5.41, 5.74) is 0. The van der Waals surface area contributed by atoms with Crippen molar-refractivity contribution in [2.75, 3.05) is 18.9 Å². The van der Waals surface area contributed by atoms with Gasteiger partial charge in [0.25, 0.3) is 0 Å². The van der Waals surface area contributed by atoms with E-state index in [2.05, 4.69) is 0 Å². The van der Waals surface area contributed by atoms with Gasteiger partial charge < -0.3 is 0 Å². The van der Waals surface area contributed by atoms with Crippen molar-refractivity contribution in [3.8, 4) is 0 Å². The van der Waals surface area contributed by atoms with Gasteiger partial charge >= 0.3 is 12.4 Å². The van der Waals surface area contributed by atoms with Crippen molar-refractivity contribution < 1.29 is 13.9 Å². The van der Waals surface area contributed by atoms with Gasteiger partial charge in [-0.2, -0.15) is 5.06 Å². The fourth-order valence-corrected chi connectivity index (χ4v) is 2.55. The van der Waals surface area contributed by atoms with Crippen molar-refractivity contribution in [1.82, 2.24) is 5.06 Å². The zero-order valence-electron chi connectivity index (χ0n) is 6.56. The molecule has 1 saturated heterocycles. The minimum absolute atomic E-state index is 0.0768. The third-order valence-electron chi connectivity index (χ3n) is 1.12. The van der Waals surface area contributed by atoms with Gasteiger partial charge in [0.1, 0.15) is 6.61 Å². The van der Waals surface area contributed by atoms with Crippen molar-refractivity contribution in [3.63, 3.8) is 0 Å². The Bertz CT molecular complexity index is 201. The Kier molecular flexibility index (Phi) is 4.39. The Hall–Kier alpha value is 0.260. The van der Waals surface area contributed by atoms with Crippen LogP contribution < -0.4 is 0 Å². The number of thioether (sulfide) groups is 1. The highest BCUT2D eigenvalue weighted by atomic mass is 32.4. The Morgan fingerprint density at radius 3 is 3.08 bits per heavy atom. The zero-order valence-corrected chi connectivity index (χ0v) is 9.08. The number of nitrogens with zero attached hydrogens (tertiary/aromatic N) is 1. The van der Waals surface area contributed by atoms with Crippen LogP contribution in [0.15, 0.2) is 0 Å². The molecule has 0 aliphatic carbocycles. The highest BCUT2D eigenvalue weighted by molar-refractivity contribution is 8.13. The van der Waals surface area contributed by atoms with E-state index >= 15 is 0 Å². The normalized spacial score (nSPS) is 18.6. The standard InChI is InChI=1S/C5H9NO3PS2/c1-2-8-10(11)9-6-3-4-12-5(6)7/h2-4H2,1H3/q+1. The molecule has 0 saturated carbocycles. The molecule has 1 amide bonds. The van der Waals surface area contributed by atoms with E-state index in [4.69, 9.17) is 21.0 Å². The second-order valence-corrected chi connectivity index (χ2v) is 4.75. The summed E-state index contributed by atoms with van der Waals surface area (Å²) in [6.45, 7) is 2.96. The van der Waals surface area contributed by atoms with Crippen molar-refractivity contribution in [2.24, 2.45) is 0 Å². The maximum Gasteiger partial charge on any atom is 0.546 e. The van der Waals surface area contributed by atoms with Gasteiger partial charge in [-0.05, 0) is 11.5 Å². The van der Waals surface area contributed by atoms with Crippen LogP contribution in [0.2, 0.25) is 0 Å². The van der Waals surface area contributed by atoms with Gasteiger partial charge in [0.2, 0.25) is 11.8 Å². The van der Waals surface area contributed by atoms with Gasteiger partial charge in [-0.3, -0.25) is 4.79 Å². The first-order valence-corrected chi connectivity index (χ1v) is 6.64. The topological polar surface area (TPSA) is 38.8 Å². The van der Waals surface area contributed by atoms with E-state index in [1.807, 2.05) is 6.92 Å². The molecule has 1 unspecified atom stereocenters. The highest BCUT2D eigenvalue weighted by Crippen LogP contribution is 2.30. The second-order valence-electron chi connectivity index (χ2n) is 1.94. The van der Waals surface area contributed by atoms with Crippen molar-refractivity contribution in [2.45, 2.75) is 6.92 Å². The molecule has 1 atom stereocenters. The molecule has 1 aliphatic heterocycles. The fraction of sp³-hybridized carbons (Fsp3) is 0.800. The van der Waals surface area contributed by atoms with Crippen molar-refractivity contribution >= 4 is 36.0 Å². The lowest BCUT2D eigenvalue weighted by Gasteiger charge is -2.03. The lowest BCUT2D eigenvalue weighted by atomic mass is 10.8. The SMILES string of the molecule is CCO[P+](=S)ON1CCSC1=O. The molecule has 0 bridgehead atoms. The van der Waals surface area contributed by atoms with Gasteiger partial charge in [0.05, 0.1) is 6.54 Å². The average Bonchev–Trinajstić information content (AvgIpc) is 2.37. The van der Waals surface area contributed by atoms with Gasteiger partial charge in [-0.15, -0.1) is 4.52 Å². The molecule has 0 N–H and O–H groups in total. The van der Waals surface area contributed by atoms with Crippen LogP contribution >= 0.6 is 18.9 Å². The number of hydrogen-bond donors (Lipinski definition) is 0. The number of carbonyl (C=O) groups excluding carboxylic acids is 1. The first-order chi connectivity index (χ1) is 5.74. The van der Waals surface area contributed by atoms with Crippen LogP contribution in [0.25, 0.3) is 0 Å². The molecule has 4 nitrogen and oxygen atoms in total. The van der Waals surface area contributed by atoms with Crippen LogP contribution in [0.5, 0.6) is 0 Å². The molecule has 0 spiro atoms. The van der Waals surface area contributed by atoms with Crippen LogP contribution in [-0.4, -0.2) is 29.2 Å². The summed E-state index contributed by atoms with van der Waals surface area (Å²) in [5, 5.41) is 1.20. The van der Waals surface area contributed by atoms with Crippen LogP contribution in [-0.2, 0) is 21.0 Å². The molecule has 68 valence electrons. The highest BCUT2D eigenvalue weighted by Gasteiger charge is 2.29. The summed E-state index contributed by atoms with van der Waals surface area (Å²) in [5.74, 6) is 0.767. The summed E-state index contributed by atoms with van der Waals surface area (Å²) in [7, 11) is -1.34. The summed E-state index contributed by atoms with van der Waals surface area (Å²) in [6, 6.07) is 0. The summed E-state index contributed by atoms with van der Waals surface area (Å²) < 4.78 is 10.1. The van der Waals surface area contributed by atoms with Gasteiger partial charge in [-0.25, -0.2) is 0 Å². The minimum atomic E-state index is -1.34. The maximum absolute atomic E-state index is 11.0. The Morgan fingerprint density at radius 1 is 1.83 bits per heavy atom. The third-order valence-corrected chi connectivity index (χ3v) is 3.28. The van der Waals surface area contributed by atoms with E-state index in [1.165, 1.54) is 16.8 Å². The molecular weight excluding hydrogens is 217 g/mol. The quantitative estimate of drug-likeness (QED) is 0.684. The number of rotatable bonds is 4. The average molecular weight is 226 g/mol. The molecule has 0 aromatic rings. The van der Waals surface area contributed by atoms with E-state index in [9.17, 15) is 4.79 Å². The van der Waals surface area contributed by atoms with E-state index < -0.39 is 7.15 Å². The summed E-state index contributed by atoms with van der Waals surface area (Å²) >= 11 is 6.08. The predicted octanol–water partition coefficient (Wildman–Crippen LogP) is 1.90. The van der Waals surface area contributed by atoms with Gasteiger partial charge in [0, 0.05) is 5.75 Å². The Morgan fingerprint density at radius 2 is 2.58 bits per heavy atom. The predicted molar refractivity (Wildman–Crippen MR) is 51.6 cm³/mol. The largest absolute Gasteiger partial charge is 0.546 e. The summed E-state index contributed by atoms with van der Waals surface area (Å²) in [6.07, 6.45) is 0. The minimum Gasteiger partial charge on any atom is -0.259 e. The van der Waals surface area contributed by atoms with Crippen LogP contribution in [0, 0.1) is 0 Å². The molecular formula is C5H9NO3PS2+. The lowest BCUT2D eigenvalue weighted by Crippen LogP contribution is -2.20. The lowest BCUT2D eigenvalue weighted by molar-refractivity contribution is 0.0127. The van der Waals surface area contributed by atoms with E-state index in [1.54, 1.807) is 0 Å². The fourth-order valence-electron chi connectivity index (χ4n) is 0.663. The number of hydroxylamine groups is 2. The molecule has 0 aromatic heterocycles. The molecule has 1 aliphatic rings. The second kappa shape index (κ2) is 5.09. The number of carbonyl (C=O) groups is 1. The molecule has 0 aromatic carbocycles. The number of amides is 1. The zero-order chi connectivity index (χ0) is 8.97. The van der Waals surface area contributed by atoms with E-state index in [0.29, 0.717) is 13.2 Å². The monoisotopic (exact) mass is 226 g/mol. The van der Waals surface area contributed by atoms with Gasteiger partial charge in [0.15, 0.2) is 0 Å². The number of hydrogen-bond acceptors (Lipinski definition) is 5. The van der Waals surface area contributed by atoms with Gasteiger partial charge in [-0.1, -0.05) is 11.8 Å². The Labute approximate surface area is 81.1 Å². The van der Waals surface area contributed by atoms with Crippen molar-refractivity contribution in [1.29, 1.82) is 0 Å². The first kappa shape index (κ1) is 10.3.